The lowest BCUT2D eigenvalue weighted by molar-refractivity contribution is -0.145. The Balaban J connectivity index is 1.68. The maximum atomic E-state index is 11.7. The monoisotopic (exact) mass is 324 g/mol. The van der Waals surface area contributed by atoms with Crippen molar-refractivity contribution in [2.24, 2.45) is 5.92 Å². The summed E-state index contributed by atoms with van der Waals surface area (Å²) in [6, 6.07) is 16.5. The lowest BCUT2D eigenvalue weighted by Crippen LogP contribution is -2.15. The third kappa shape index (κ3) is 3.78. The molecule has 1 aliphatic rings. The Morgan fingerprint density at radius 1 is 1.21 bits per heavy atom. The Morgan fingerprint density at radius 2 is 2.00 bits per heavy atom. The van der Waals surface area contributed by atoms with Crippen molar-refractivity contribution in [3.8, 4) is 5.75 Å². The van der Waals surface area contributed by atoms with Gasteiger partial charge in [-0.05, 0) is 54.0 Å². The zero-order valence-electron chi connectivity index (χ0n) is 14.3. The summed E-state index contributed by atoms with van der Waals surface area (Å²) in [7, 11) is 1.46. The van der Waals surface area contributed by atoms with Crippen LogP contribution in [0.5, 0.6) is 5.75 Å². The highest BCUT2D eigenvalue weighted by atomic mass is 16.5. The Labute approximate surface area is 143 Å². The van der Waals surface area contributed by atoms with Gasteiger partial charge in [-0.15, -0.1) is 0 Å². The summed E-state index contributed by atoms with van der Waals surface area (Å²) in [4.78, 5) is 11.7. The van der Waals surface area contributed by atoms with Gasteiger partial charge in [-0.25, -0.2) is 0 Å². The first-order valence-corrected chi connectivity index (χ1v) is 8.54. The number of hydrogen-bond acceptors (Lipinski definition) is 3. The zero-order chi connectivity index (χ0) is 16.9. The molecule has 2 aromatic rings. The fraction of sp³-hybridized carbons (Fsp3) is 0.381. The highest BCUT2D eigenvalue weighted by Gasteiger charge is 2.27. The van der Waals surface area contributed by atoms with Crippen LogP contribution < -0.4 is 4.74 Å². The third-order valence-electron chi connectivity index (χ3n) is 4.81. The number of aryl methyl sites for hydroxylation is 1. The molecule has 2 atom stereocenters. The molecule has 0 amide bonds. The Bertz CT molecular complexity index is 693. The van der Waals surface area contributed by atoms with Crippen LogP contribution in [-0.2, 0) is 22.6 Å². The van der Waals surface area contributed by atoms with Crippen LogP contribution in [0.1, 0.15) is 42.4 Å². The van der Waals surface area contributed by atoms with E-state index in [1.165, 1.54) is 18.2 Å². The predicted octanol–water partition coefficient (Wildman–Crippen LogP) is 4.49. The van der Waals surface area contributed by atoms with Gasteiger partial charge in [0.25, 0.3) is 0 Å². The first kappa shape index (κ1) is 16.6. The van der Waals surface area contributed by atoms with Gasteiger partial charge in [0.2, 0.25) is 0 Å². The van der Waals surface area contributed by atoms with Crippen LogP contribution >= 0.6 is 0 Å². The van der Waals surface area contributed by atoms with Crippen molar-refractivity contribution in [2.45, 2.75) is 38.7 Å². The standard InChI is InChI=1S/C21H24O3/c1-15(21(22)23-2)12-18-9-8-17-10-11-19(13-20(17)18)24-14-16-6-4-3-5-7-16/h3-7,10-11,13,15,18H,8-9,12,14H2,1-2H3/t15?,18-/m0/s1. The average molecular weight is 324 g/mol. The van der Waals surface area contributed by atoms with Crippen molar-refractivity contribution in [2.75, 3.05) is 7.11 Å². The number of methoxy groups -OCH3 is 1. The molecule has 0 heterocycles. The summed E-state index contributed by atoms with van der Waals surface area (Å²) in [5.74, 6) is 1.12. The molecule has 0 fully saturated rings. The van der Waals surface area contributed by atoms with E-state index in [9.17, 15) is 4.79 Å². The topological polar surface area (TPSA) is 35.5 Å². The Hall–Kier alpha value is -2.29. The minimum Gasteiger partial charge on any atom is -0.489 e. The molecule has 0 aliphatic heterocycles. The van der Waals surface area contributed by atoms with Gasteiger partial charge in [-0.1, -0.05) is 43.3 Å². The number of benzene rings is 2. The minimum atomic E-state index is -0.125. The molecule has 2 aromatic carbocycles. The number of hydrogen-bond donors (Lipinski definition) is 0. The maximum absolute atomic E-state index is 11.7. The van der Waals surface area contributed by atoms with Crippen LogP contribution in [0, 0.1) is 5.92 Å². The Morgan fingerprint density at radius 3 is 2.75 bits per heavy atom. The van der Waals surface area contributed by atoms with Crippen molar-refractivity contribution in [3.05, 3.63) is 65.2 Å². The van der Waals surface area contributed by atoms with Gasteiger partial charge in [0.15, 0.2) is 0 Å². The second-order valence-electron chi connectivity index (χ2n) is 6.53. The van der Waals surface area contributed by atoms with E-state index in [1.807, 2.05) is 31.2 Å². The summed E-state index contributed by atoms with van der Waals surface area (Å²) >= 11 is 0. The molecule has 0 N–H and O–H groups in total. The molecule has 0 aromatic heterocycles. The third-order valence-corrected chi connectivity index (χ3v) is 4.81. The molecule has 0 bridgehead atoms. The lowest BCUT2D eigenvalue weighted by Gasteiger charge is -2.16. The molecule has 3 heteroatoms. The molecular formula is C21H24O3. The van der Waals surface area contributed by atoms with Gasteiger partial charge >= 0.3 is 5.97 Å². The van der Waals surface area contributed by atoms with E-state index in [4.69, 9.17) is 9.47 Å². The molecule has 24 heavy (non-hydrogen) atoms. The number of esters is 1. The molecule has 0 radical (unpaired) electrons. The number of carbonyl (C=O) groups excluding carboxylic acids is 1. The highest BCUT2D eigenvalue weighted by Crippen LogP contribution is 2.39. The number of fused-ring (bicyclic) bond motifs is 1. The summed E-state index contributed by atoms with van der Waals surface area (Å²) in [6.45, 7) is 2.52. The molecule has 0 spiro atoms. The lowest BCUT2D eigenvalue weighted by atomic mass is 9.91. The molecule has 1 unspecified atom stereocenters. The van der Waals surface area contributed by atoms with Gasteiger partial charge in [-0.2, -0.15) is 0 Å². The smallest absolute Gasteiger partial charge is 0.308 e. The van der Waals surface area contributed by atoms with Gasteiger partial charge in [0.05, 0.1) is 13.0 Å². The van der Waals surface area contributed by atoms with Gasteiger partial charge in [-0.3, -0.25) is 4.79 Å². The first-order valence-electron chi connectivity index (χ1n) is 8.54. The number of carbonyl (C=O) groups is 1. The van der Waals surface area contributed by atoms with Crippen molar-refractivity contribution < 1.29 is 14.3 Å². The second-order valence-corrected chi connectivity index (χ2v) is 6.53. The summed E-state index contributed by atoms with van der Waals surface area (Å²) in [5, 5.41) is 0. The summed E-state index contributed by atoms with van der Waals surface area (Å²) in [6.07, 6.45) is 3.01. The van der Waals surface area contributed by atoms with E-state index in [1.54, 1.807) is 0 Å². The van der Waals surface area contributed by atoms with E-state index >= 15 is 0 Å². The minimum absolute atomic E-state index is 0.0696. The zero-order valence-corrected chi connectivity index (χ0v) is 14.3. The molecule has 126 valence electrons. The fourth-order valence-electron chi connectivity index (χ4n) is 3.47. The molecule has 3 rings (SSSR count). The van der Waals surface area contributed by atoms with Crippen LogP contribution in [0.25, 0.3) is 0 Å². The molecule has 0 saturated carbocycles. The normalized spacial score (nSPS) is 17.2. The van der Waals surface area contributed by atoms with E-state index in [0.29, 0.717) is 12.5 Å². The maximum Gasteiger partial charge on any atom is 0.308 e. The number of ether oxygens (including phenoxy) is 2. The van der Waals surface area contributed by atoms with Crippen LogP contribution in [-0.4, -0.2) is 13.1 Å². The summed E-state index contributed by atoms with van der Waals surface area (Å²) < 4.78 is 10.8. The first-order chi connectivity index (χ1) is 11.7. The molecule has 0 saturated heterocycles. The van der Waals surface area contributed by atoms with Crippen molar-refractivity contribution in [1.29, 1.82) is 0 Å². The van der Waals surface area contributed by atoms with Crippen molar-refractivity contribution in [3.63, 3.8) is 0 Å². The Kier molecular flexibility index (Phi) is 5.19. The highest BCUT2D eigenvalue weighted by molar-refractivity contribution is 5.71. The number of rotatable bonds is 6. The van der Waals surface area contributed by atoms with Gasteiger partial charge < -0.3 is 9.47 Å². The second kappa shape index (κ2) is 7.52. The van der Waals surface area contributed by atoms with E-state index < -0.39 is 0 Å². The summed E-state index contributed by atoms with van der Waals surface area (Å²) in [5.41, 5.74) is 3.87. The van der Waals surface area contributed by atoms with Crippen LogP contribution in [0.4, 0.5) is 0 Å². The SMILES string of the molecule is COC(=O)C(C)C[C@@H]1CCc2ccc(OCc3ccccc3)cc21. The van der Waals surface area contributed by atoms with Gasteiger partial charge in [0, 0.05) is 0 Å². The predicted molar refractivity (Wildman–Crippen MR) is 94.1 cm³/mol. The molecular weight excluding hydrogens is 300 g/mol. The molecule has 1 aliphatic carbocycles. The van der Waals surface area contributed by atoms with Crippen LogP contribution in [0.15, 0.2) is 48.5 Å². The van der Waals surface area contributed by atoms with Crippen molar-refractivity contribution in [1.82, 2.24) is 0 Å². The quantitative estimate of drug-likeness (QED) is 0.734. The largest absolute Gasteiger partial charge is 0.489 e. The van der Waals surface area contributed by atoms with E-state index in [0.717, 1.165) is 30.6 Å². The molecule has 3 nitrogen and oxygen atoms in total. The fourth-order valence-corrected chi connectivity index (χ4v) is 3.47. The van der Waals surface area contributed by atoms with E-state index in [2.05, 4.69) is 24.3 Å². The average Bonchev–Trinajstić information content (AvgIpc) is 3.02. The van der Waals surface area contributed by atoms with E-state index in [-0.39, 0.29) is 11.9 Å². The van der Waals surface area contributed by atoms with Gasteiger partial charge in [0.1, 0.15) is 12.4 Å². The van der Waals surface area contributed by atoms with Crippen LogP contribution in [0.2, 0.25) is 0 Å². The van der Waals surface area contributed by atoms with Crippen molar-refractivity contribution >= 4 is 5.97 Å². The van der Waals surface area contributed by atoms with Crippen LogP contribution in [0.3, 0.4) is 0 Å².